The highest BCUT2D eigenvalue weighted by atomic mass is 35.5. The highest BCUT2D eigenvalue weighted by molar-refractivity contribution is 6.30. The van der Waals surface area contributed by atoms with Crippen LogP contribution in [-0.4, -0.2) is 30.5 Å². The van der Waals surface area contributed by atoms with Gasteiger partial charge in [-0.15, -0.1) is 0 Å². The number of carbonyl (C=O) groups excluding carboxylic acids is 1. The third kappa shape index (κ3) is 3.59. The van der Waals surface area contributed by atoms with Gasteiger partial charge in [-0.25, -0.2) is 0 Å². The van der Waals surface area contributed by atoms with Crippen molar-refractivity contribution in [3.8, 4) is 5.75 Å². The van der Waals surface area contributed by atoms with E-state index in [9.17, 15) is 4.79 Å². The van der Waals surface area contributed by atoms with Gasteiger partial charge in [-0.1, -0.05) is 41.9 Å². The van der Waals surface area contributed by atoms with Crippen LogP contribution in [0.5, 0.6) is 5.75 Å². The Balaban J connectivity index is 1.32. The van der Waals surface area contributed by atoms with Crippen LogP contribution >= 0.6 is 11.6 Å². The lowest BCUT2D eigenvalue weighted by Crippen LogP contribution is -2.44. The fourth-order valence-electron chi connectivity index (χ4n) is 3.87. The Bertz CT molecular complexity index is 765. The molecule has 0 spiro atoms. The Kier molecular flexibility index (Phi) is 4.90. The summed E-state index contributed by atoms with van der Waals surface area (Å²) in [7, 11) is 0. The summed E-state index contributed by atoms with van der Waals surface area (Å²) < 4.78 is 5.89. The Morgan fingerprint density at radius 3 is 2.46 bits per heavy atom. The predicted molar refractivity (Wildman–Crippen MR) is 104 cm³/mol. The van der Waals surface area contributed by atoms with Gasteiger partial charge in [0.25, 0.3) is 0 Å². The molecule has 0 radical (unpaired) electrons. The molecule has 1 aliphatic heterocycles. The van der Waals surface area contributed by atoms with Crippen LogP contribution in [0.15, 0.2) is 54.6 Å². The van der Waals surface area contributed by atoms with Crippen LogP contribution in [0.3, 0.4) is 0 Å². The van der Waals surface area contributed by atoms with Crippen LogP contribution < -0.4 is 4.74 Å². The summed E-state index contributed by atoms with van der Waals surface area (Å²) >= 11 is 6.13. The van der Waals surface area contributed by atoms with E-state index in [1.165, 1.54) is 0 Å². The van der Waals surface area contributed by atoms with Crippen LogP contribution in [0.4, 0.5) is 0 Å². The lowest BCUT2D eigenvalue weighted by molar-refractivity contribution is -0.135. The van der Waals surface area contributed by atoms with Gasteiger partial charge in [0, 0.05) is 18.1 Å². The molecule has 0 unspecified atom stereocenters. The quantitative estimate of drug-likeness (QED) is 0.765. The zero-order chi connectivity index (χ0) is 18.0. The summed E-state index contributed by atoms with van der Waals surface area (Å²) in [5.74, 6) is 1.71. The molecular weight excluding hydrogens is 346 g/mol. The average Bonchev–Trinajstić information content (AvgIpc) is 3.49. The zero-order valence-corrected chi connectivity index (χ0v) is 15.6. The van der Waals surface area contributed by atoms with E-state index < -0.39 is 0 Å². The van der Waals surface area contributed by atoms with Gasteiger partial charge in [0.2, 0.25) is 5.91 Å². The van der Waals surface area contributed by atoms with E-state index in [1.54, 1.807) is 0 Å². The number of carbonyl (C=O) groups is 1. The first-order valence-corrected chi connectivity index (χ1v) is 9.78. The molecule has 0 N–H and O–H groups in total. The molecule has 26 heavy (non-hydrogen) atoms. The van der Waals surface area contributed by atoms with Crippen molar-refractivity contribution in [3.63, 3.8) is 0 Å². The number of nitrogens with zero attached hydrogens (tertiary/aromatic N) is 1. The molecule has 2 aromatic carbocycles. The van der Waals surface area contributed by atoms with Crippen LogP contribution in [0, 0.1) is 5.92 Å². The number of benzene rings is 2. The van der Waals surface area contributed by atoms with Crippen molar-refractivity contribution in [2.75, 3.05) is 19.7 Å². The van der Waals surface area contributed by atoms with Crippen LogP contribution in [0.1, 0.15) is 31.2 Å². The minimum absolute atomic E-state index is 0.280. The molecule has 4 heteroatoms. The molecular formula is C22H24ClNO2. The molecule has 1 saturated heterocycles. The molecule has 1 aliphatic carbocycles. The summed E-state index contributed by atoms with van der Waals surface area (Å²) in [5.41, 5.74) is 0.752. The molecule has 0 bridgehead atoms. The van der Waals surface area contributed by atoms with E-state index in [2.05, 4.69) is 0 Å². The molecule has 3 nitrogen and oxygen atoms in total. The number of rotatable bonds is 5. The van der Waals surface area contributed by atoms with Gasteiger partial charge >= 0.3 is 0 Å². The number of ether oxygens (including phenoxy) is 1. The number of halogens is 1. The largest absolute Gasteiger partial charge is 0.493 e. The second-order valence-corrected chi connectivity index (χ2v) is 7.89. The van der Waals surface area contributed by atoms with E-state index >= 15 is 0 Å². The highest BCUT2D eigenvalue weighted by Gasteiger charge is 2.53. The Morgan fingerprint density at radius 2 is 1.81 bits per heavy atom. The van der Waals surface area contributed by atoms with Crippen molar-refractivity contribution in [2.24, 2.45) is 5.92 Å². The minimum Gasteiger partial charge on any atom is -0.493 e. The second-order valence-electron chi connectivity index (χ2n) is 7.45. The number of para-hydroxylation sites is 1. The summed E-state index contributed by atoms with van der Waals surface area (Å²) in [6, 6.07) is 17.7. The molecule has 1 amide bonds. The molecule has 2 aromatic rings. The predicted octanol–water partition coefficient (Wildman–Crippen LogP) is 4.69. The summed E-state index contributed by atoms with van der Waals surface area (Å²) in [5, 5.41) is 0.707. The average molecular weight is 370 g/mol. The molecule has 4 rings (SSSR count). The molecule has 136 valence electrons. The standard InChI is InChI=1S/C22H24ClNO2/c23-19-6-4-5-18(15-19)22(11-12-22)21(25)24-13-9-17(10-14-24)16-26-20-7-2-1-3-8-20/h1-8,15,17H,9-14,16H2. The maximum atomic E-state index is 13.1. The van der Waals surface area contributed by atoms with Crippen LogP contribution in [-0.2, 0) is 10.2 Å². The van der Waals surface area contributed by atoms with Crippen molar-refractivity contribution in [1.29, 1.82) is 0 Å². The third-order valence-corrected chi connectivity index (χ3v) is 5.90. The fraction of sp³-hybridized carbons (Fsp3) is 0.409. The van der Waals surface area contributed by atoms with E-state index in [1.807, 2.05) is 59.5 Å². The van der Waals surface area contributed by atoms with Gasteiger partial charge in [-0.05, 0) is 61.4 Å². The van der Waals surface area contributed by atoms with E-state index in [0.29, 0.717) is 10.9 Å². The summed E-state index contributed by atoms with van der Waals surface area (Å²) in [4.78, 5) is 15.2. The number of amides is 1. The Hall–Kier alpha value is -2.00. The van der Waals surface area contributed by atoms with Crippen molar-refractivity contribution in [1.82, 2.24) is 4.90 Å². The number of hydrogen-bond donors (Lipinski definition) is 0. The van der Waals surface area contributed by atoms with E-state index in [4.69, 9.17) is 16.3 Å². The van der Waals surface area contributed by atoms with Crippen molar-refractivity contribution in [2.45, 2.75) is 31.1 Å². The van der Waals surface area contributed by atoms with Gasteiger partial charge in [-0.3, -0.25) is 4.79 Å². The topological polar surface area (TPSA) is 29.5 Å². The Labute approximate surface area is 159 Å². The first-order valence-electron chi connectivity index (χ1n) is 9.41. The molecule has 0 atom stereocenters. The van der Waals surface area contributed by atoms with Crippen LogP contribution in [0.2, 0.25) is 5.02 Å². The van der Waals surface area contributed by atoms with Gasteiger partial charge in [0.1, 0.15) is 5.75 Å². The minimum atomic E-state index is -0.321. The maximum absolute atomic E-state index is 13.1. The van der Waals surface area contributed by atoms with Gasteiger partial charge < -0.3 is 9.64 Å². The first-order chi connectivity index (χ1) is 12.7. The lowest BCUT2D eigenvalue weighted by Gasteiger charge is -2.34. The summed E-state index contributed by atoms with van der Waals surface area (Å²) in [6.07, 6.45) is 3.88. The fourth-order valence-corrected chi connectivity index (χ4v) is 4.06. The molecule has 2 aliphatic rings. The molecule has 2 fully saturated rings. The normalized spacial score (nSPS) is 19.2. The highest BCUT2D eigenvalue weighted by Crippen LogP contribution is 2.50. The zero-order valence-electron chi connectivity index (χ0n) is 14.9. The summed E-state index contributed by atoms with van der Waals surface area (Å²) in [6.45, 7) is 2.37. The molecule has 1 saturated carbocycles. The van der Waals surface area contributed by atoms with Gasteiger partial charge in [0.05, 0.1) is 12.0 Å². The van der Waals surface area contributed by atoms with Gasteiger partial charge in [-0.2, -0.15) is 0 Å². The number of piperidine rings is 1. The van der Waals surface area contributed by atoms with Gasteiger partial charge in [0.15, 0.2) is 0 Å². The molecule has 1 heterocycles. The smallest absolute Gasteiger partial charge is 0.233 e. The Morgan fingerprint density at radius 1 is 1.08 bits per heavy atom. The van der Waals surface area contributed by atoms with E-state index in [-0.39, 0.29) is 11.3 Å². The maximum Gasteiger partial charge on any atom is 0.233 e. The van der Waals surface area contributed by atoms with Crippen molar-refractivity contribution in [3.05, 3.63) is 65.2 Å². The number of likely N-dealkylation sites (tertiary alicyclic amines) is 1. The third-order valence-electron chi connectivity index (χ3n) is 5.67. The number of hydrogen-bond acceptors (Lipinski definition) is 2. The lowest BCUT2D eigenvalue weighted by atomic mass is 9.91. The SMILES string of the molecule is O=C(N1CCC(COc2ccccc2)CC1)C1(c2cccc(Cl)c2)CC1. The monoisotopic (exact) mass is 369 g/mol. The van der Waals surface area contributed by atoms with Crippen molar-refractivity contribution < 1.29 is 9.53 Å². The second kappa shape index (κ2) is 7.32. The first kappa shape index (κ1) is 17.4. The molecule has 0 aromatic heterocycles. The van der Waals surface area contributed by atoms with Crippen molar-refractivity contribution >= 4 is 17.5 Å². The van der Waals surface area contributed by atoms with E-state index in [0.717, 1.165) is 56.7 Å². The van der Waals surface area contributed by atoms with Crippen LogP contribution in [0.25, 0.3) is 0 Å².